The third kappa shape index (κ3) is 3.36. The topological polar surface area (TPSA) is 26.0 Å². The molecular formula is C8H12BrNS. The van der Waals surface area contributed by atoms with Crippen molar-refractivity contribution in [2.75, 3.05) is 0 Å². The molecule has 3 heteroatoms. The Hall–Kier alpha value is 0.140. The highest BCUT2D eigenvalue weighted by Crippen LogP contribution is 2.23. The summed E-state index contributed by atoms with van der Waals surface area (Å²) in [5.74, 6) is 0. The van der Waals surface area contributed by atoms with E-state index in [1.165, 1.54) is 8.66 Å². The molecule has 0 amide bonds. The molecule has 2 N–H and O–H groups in total. The third-order valence-corrected chi connectivity index (χ3v) is 3.16. The fourth-order valence-corrected chi connectivity index (χ4v) is 2.35. The standard InChI is InChI=1S/C8H12BrNS/c1-6(10)2-3-7-4-5-8(9)11-7/h4-6H,2-3,10H2,1H3. The Labute approximate surface area is 79.7 Å². The van der Waals surface area contributed by atoms with E-state index in [9.17, 15) is 0 Å². The summed E-state index contributed by atoms with van der Waals surface area (Å²) in [6.07, 6.45) is 2.18. The van der Waals surface area contributed by atoms with Gasteiger partial charge in [0.2, 0.25) is 0 Å². The van der Waals surface area contributed by atoms with Gasteiger partial charge < -0.3 is 5.73 Å². The molecular weight excluding hydrogens is 222 g/mol. The Morgan fingerprint density at radius 1 is 1.64 bits per heavy atom. The summed E-state index contributed by atoms with van der Waals surface area (Å²) in [5.41, 5.74) is 5.64. The predicted molar refractivity (Wildman–Crippen MR) is 54.0 cm³/mol. The van der Waals surface area contributed by atoms with Crippen molar-refractivity contribution in [3.63, 3.8) is 0 Å². The van der Waals surface area contributed by atoms with Gasteiger partial charge in [-0.2, -0.15) is 0 Å². The number of hydrogen-bond donors (Lipinski definition) is 1. The molecule has 1 unspecified atom stereocenters. The van der Waals surface area contributed by atoms with Crippen LogP contribution in [0.25, 0.3) is 0 Å². The van der Waals surface area contributed by atoms with Crippen LogP contribution in [-0.4, -0.2) is 6.04 Å². The molecule has 1 atom stereocenters. The Bertz CT molecular complexity index is 220. The maximum absolute atomic E-state index is 5.64. The first kappa shape index (κ1) is 9.23. The Morgan fingerprint density at radius 2 is 2.36 bits per heavy atom. The molecule has 0 spiro atoms. The van der Waals surface area contributed by atoms with Gasteiger partial charge in [-0.3, -0.25) is 0 Å². The van der Waals surface area contributed by atoms with Crippen molar-refractivity contribution in [1.29, 1.82) is 0 Å². The summed E-state index contributed by atoms with van der Waals surface area (Å²) >= 11 is 5.22. The molecule has 1 nitrogen and oxygen atoms in total. The zero-order valence-electron chi connectivity index (χ0n) is 6.51. The van der Waals surface area contributed by atoms with Crippen molar-refractivity contribution in [2.45, 2.75) is 25.8 Å². The van der Waals surface area contributed by atoms with Gasteiger partial charge >= 0.3 is 0 Å². The lowest BCUT2D eigenvalue weighted by Gasteiger charge is -2.01. The summed E-state index contributed by atoms with van der Waals surface area (Å²) in [7, 11) is 0. The molecule has 1 aromatic heterocycles. The lowest BCUT2D eigenvalue weighted by Crippen LogP contribution is -2.14. The van der Waals surface area contributed by atoms with E-state index >= 15 is 0 Å². The Morgan fingerprint density at radius 3 is 2.82 bits per heavy atom. The maximum Gasteiger partial charge on any atom is 0.0701 e. The average Bonchev–Trinajstić information content (AvgIpc) is 2.31. The van der Waals surface area contributed by atoms with Crippen molar-refractivity contribution in [2.24, 2.45) is 5.73 Å². The van der Waals surface area contributed by atoms with Gasteiger partial charge in [0.05, 0.1) is 3.79 Å². The van der Waals surface area contributed by atoms with E-state index in [4.69, 9.17) is 5.73 Å². The van der Waals surface area contributed by atoms with Crippen LogP contribution in [0.4, 0.5) is 0 Å². The van der Waals surface area contributed by atoms with Crippen LogP contribution < -0.4 is 5.73 Å². The monoisotopic (exact) mass is 233 g/mol. The first-order valence-electron chi connectivity index (χ1n) is 3.68. The van der Waals surface area contributed by atoms with Gasteiger partial charge in [-0.25, -0.2) is 0 Å². The first-order chi connectivity index (χ1) is 5.18. The molecule has 0 saturated heterocycles. The number of aryl methyl sites for hydroxylation is 1. The molecule has 0 radical (unpaired) electrons. The van der Waals surface area contributed by atoms with Crippen molar-refractivity contribution >= 4 is 27.3 Å². The third-order valence-electron chi connectivity index (χ3n) is 1.47. The largest absolute Gasteiger partial charge is 0.328 e. The maximum atomic E-state index is 5.64. The first-order valence-corrected chi connectivity index (χ1v) is 5.29. The highest BCUT2D eigenvalue weighted by molar-refractivity contribution is 9.11. The van der Waals surface area contributed by atoms with Gasteiger partial charge in [-0.05, 0) is 47.8 Å². The summed E-state index contributed by atoms with van der Waals surface area (Å²) < 4.78 is 1.21. The zero-order valence-corrected chi connectivity index (χ0v) is 8.91. The molecule has 0 saturated carbocycles. The Balaban J connectivity index is 2.39. The van der Waals surface area contributed by atoms with E-state index in [1.807, 2.05) is 6.92 Å². The molecule has 0 fully saturated rings. The molecule has 1 heterocycles. The van der Waals surface area contributed by atoms with E-state index in [2.05, 4.69) is 28.1 Å². The highest BCUT2D eigenvalue weighted by Gasteiger charge is 1.99. The van der Waals surface area contributed by atoms with Crippen LogP contribution in [0.15, 0.2) is 15.9 Å². The molecule has 1 aromatic rings. The fourth-order valence-electron chi connectivity index (χ4n) is 0.856. The van der Waals surface area contributed by atoms with Crippen LogP contribution in [0.1, 0.15) is 18.2 Å². The van der Waals surface area contributed by atoms with Crippen molar-refractivity contribution in [3.8, 4) is 0 Å². The van der Waals surface area contributed by atoms with Crippen LogP contribution in [0, 0.1) is 0 Å². The van der Waals surface area contributed by atoms with Crippen LogP contribution >= 0.6 is 27.3 Å². The molecule has 0 aliphatic rings. The summed E-state index contributed by atoms with van der Waals surface area (Å²) in [5, 5.41) is 0. The number of nitrogens with two attached hydrogens (primary N) is 1. The predicted octanol–water partition coefficient (Wildman–Crippen LogP) is 2.79. The number of thiophene rings is 1. The zero-order chi connectivity index (χ0) is 8.27. The normalized spacial score (nSPS) is 13.4. The second kappa shape index (κ2) is 4.24. The molecule has 1 rings (SSSR count). The van der Waals surface area contributed by atoms with Gasteiger partial charge in [0, 0.05) is 10.9 Å². The van der Waals surface area contributed by atoms with Gasteiger partial charge in [-0.15, -0.1) is 11.3 Å². The lowest BCUT2D eigenvalue weighted by molar-refractivity contribution is 0.670. The van der Waals surface area contributed by atoms with E-state index in [0.29, 0.717) is 6.04 Å². The molecule has 0 aliphatic carbocycles. The van der Waals surface area contributed by atoms with E-state index in [1.54, 1.807) is 11.3 Å². The van der Waals surface area contributed by atoms with Crippen LogP contribution in [0.3, 0.4) is 0 Å². The SMILES string of the molecule is CC(N)CCc1ccc(Br)s1. The molecule has 0 bridgehead atoms. The van der Waals surface area contributed by atoms with Gasteiger partial charge in [-0.1, -0.05) is 0 Å². The van der Waals surface area contributed by atoms with Gasteiger partial charge in [0.15, 0.2) is 0 Å². The second-order valence-electron chi connectivity index (χ2n) is 2.72. The van der Waals surface area contributed by atoms with Crippen molar-refractivity contribution < 1.29 is 0 Å². The molecule has 11 heavy (non-hydrogen) atoms. The molecule has 0 aliphatic heterocycles. The van der Waals surface area contributed by atoms with Crippen molar-refractivity contribution in [3.05, 3.63) is 20.8 Å². The minimum absolute atomic E-state index is 0.316. The van der Waals surface area contributed by atoms with Crippen LogP contribution in [0.5, 0.6) is 0 Å². The number of rotatable bonds is 3. The summed E-state index contributed by atoms with van der Waals surface area (Å²) in [6, 6.07) is 4.55. The van der Waals surface area contributed by atoms with Gasteiger partial charge in [0.25, 0.3) is 0 Å². The minimum atomic E-state index is 0.316. The van der Waals surface area contributed by atoms with Crippen LogP contribution in [-0.2, 0) is 6.42 Å². The number of hydrogen-bond acceptors (Lipinski definition) is 2. The van der Waals surface area contributed by atoms with Gasteiger partial charge in [0.1, 0.15) is 0 Å². The smallest absolute Gasteiger partial charge is 0.0701 e. The summed E-state index contributed by atoms with van der Waals surface area (Å²) in [6.45, 7) is 2.04. The minimum Gasteiger partial charge on any atom is -0.328 e. The lowest BCUT2D eigenvalue weighted by atomic mass is 10.2. The Kier molecular flexibility index (Phi) is 3.55. The van der Waals surface area contributed by atoms with E-state index < -0.39 is 0 Å². The number of halogens is 1. The van der Waals surface area contributed by atoms with E-state index in [0.717, 1.165) is 12.8 Å². The molecule has 62 valence electrons. The fraction of sp³-hybridized carbons (Fsp3) is 0.500. The van der Waals surface area contributed by atoms with E-state index in [-0.39, 0.29) is 0 Å². The highest BCUT2D eigenvalue weighted by atomic mass is 79.9. The summed E-state index contributed by atoms with van der Waals surface area (Å²) in [4.78, 5) is 1.41. The van der Waals surface area contributed by atoms with Crippen molar-refractivity contribution in [1.82, 2.24) is 0 Å². The quantitative estimate of drug-likeness (QED) is 0.855. The average molecular weight is 234 g/mol. The second-order valence-corrected chi connectivity index (χ2v) is 5.27. The molecule has 0 aromatic carbocycles. The van der Waals surface area contributed by atoms with Crippen LogP contribution in [0.2, 0.25) is 0 Å².